The van der Waals surface area contributed by atoms with Crippen molar-refractivity contribution in [3.63, 3.8) is 0 Å². The summed E-state index contributed by atoms with van der Waals surface area (Å²) in [6.45, 7) is 6.20. The van der Waals surface area contributed by atoms with Gasteiger partial charge in [-0.2, -0.15) is 8.78 Å². The molecule has 1 fully saturated rings. The molecule has 0 aliphatic carbocycles. The summed E-state index contributed by atoms with van der Waals surface area (Å²) in [7, 11) is 0. The summed E-state index contributed by atoms with van der Waals surface area (Å²) in [5.74, 6) is -2.35. The van der Waals surface area contributed by atoms with Crippen molar-refractivity contribution in [2.24, 2.45) is 0 Å². The molecule has 28 heavy (non-hydrogen) atoms. The van der Waals surface area contributed by atoms with Crippen LogP contribution in [0.1, 0.15) is 12.5 Å². The summed E-state index contributed by atoms with van der Waals surface area (Å²) < 4.78 is 24.8. The standard InChI is InChI=1S/C21H25F2N3OS/c1-16(24-18-7-9-19(10-8-18)28-21(22)23)20(27)26-13-11-25(12-14-26)15-17-5-3-2-4-6-17/h2-10,16,21,24H,11-15H2,1H3/p+1/t16-/m0/s1. The second kappa shape index (κ2) is 9.89. The maximum Gasteiger partial charge on any atom is 0.288 e. The Labute approximate surface area is 168 Å². The molecule has 3 rings (SSSR count). The second-order valence-corrected chi connectivity index (χ2v) is 8.07. The Bertz CT molecular complexity index is 750. The number of carbonyl (C=O) groups excluding carboxylic acids is 1. The number of hydrogen-bond donors (Lipinski definition) is 2. The van der Waals surface area contributed by atoms with E-state index in [-0.39, 0.29) is 11.9 Å². The predicted molar refractivity (Wildman–Crippen MR) is 109 cm³/mol. The lowest BCUT2D eigenvalue weighted by atomic mass is 10.2. The van der Waals surface area contributed by atoms with Crippen molar-refractivity contribution >= 4 is 23.4 Å². The molecule has 0 unspecified atom stereocenters. The van der Waals surface area contributed by atoms with Crippen LogP contribution < -0.4 is 10.2 Å². The molecule has 1 atom stereocenters. The zero-order chi connectivity index (χ0) is 19.9. The molecule has 0 aromatic heterocycles. The van der Waals surface area contributed by atoms with Crippen molar-refractivity contribution in [3.8, 4) is 0 Å². The molecule has 2 N–H and O–H groups in total. The number of nitrogens with one attached hydrogen (secondary N) is 2. The van der Waals surface area contributed by atoms with Gasteiger partial charge >= 0.3 is 0 Å². The highest BCUT2D eigenvalue weighted by molar-refractivity contribution is 7.99. The highest BCUT2D eigenvalue weighted by atomic mass is 32.2. The van der Waals surface area contributed by atoms with Gasteiger partial charge in [0, 0.05) is 16.1 Å². The second-order valence-electron chi connectivity index (χ2n) is 7.01. The van der Waals surface area contributed by atoms with Gasteiger partial charge in [-0.05, 0) is 31.2 Å². The molecule has 0 radical (unpaired) electrons. The molecule has 0 spiro atoms. The Kier molecular flexibility index (Phi) is 7.28. The minimum absolute atomic E-state index is 0.0739. The molecule has 0 bridgehead atoms. The first-order valence-electron chi connectivity index (χ1n) is 9.49. The zero-order valence-corrected chi connectivity index (χ0v) is 16.7. The third kappa shape index (κ3) is 5.94. The monoisotopic (exact) mass is 406 g/mol. The van der Waals surface area contributed by atoms with Crippen molar-refractivity contribution in [2.45, 2.75) is 30.2 Å². The van der Waals surface area contributed by atoms with Crippen LogP contribution in [0.2, 0.25) is 0 Å². The summed E-state index contributed by atoms with van der Waals surface area (Å²) in [5.41, 5.74) is 2.08. The van der Waals surface area contributed by atoms with Crippen LogP contribution in [0.25, 0.3) is 0 Å². The van der Waals surface area contributed by atoms with E-state index in [1.165, 1.54) is 10.5 Å². The fourth-order valence-electron chi connectivity index (χ4n) is 3.42. The number of anilines is 1. The smallest absolute Gasteiger partial charge is 0.288 e. The lowest BCUT2D eigenvalue weighted by Gasteiger charge is -2.34. The van der Waals surface area contributed by atoms with Gasteiger partial charge in [0.15, 0.2) is 0 Å². The first-order chi connectivity index (χ1) is 13.5. The van der Waals surface area contributed by atoms with E-state index < -0.39 is 5.76 Å². The van der Waals surface area contributed by atoms with Crippen LogP contribution in [0.15, 0.2) is 59.5 Å². The fourth-order valence-corrected chi connectivity index (χ4v) is 3.92. The number of thioether (sulfide) groups is 1. The summed E-state index contributed by atoms with van der Waals surface area (Å²) in [6, 6.07) is 16.8. The van der Waals surface area contributed by atoms with Gasteiger partial charge in [-0.3, -0.25) is 4.79 Å². The zero-order valence-electron chi connectivity index (χ0n) is 15.9. The number of alkyl halides is 2. The van der Waals surface area contributed by atoms with Gasteiger partial charge < -0.3 is 15.1 Å². The van der Waals surface area contributed by atoms with Crippen LogP contribution in [0.3, 0.4) is 0 Å². The van der Waals surface area contributed by atoms with Gasteiger partial charge in [0.1, 0.15) is 12.6 Å². The Morgan fingerprint density at radius 2 is 1.75 bits per heavy atom. The molecule has 2 aromatic carbocycles. The van der Waals surface area contributed by atoms with Crippen LogP contribution in [0.4, 0.5) is 14.5 Å². The number of rotatable bonds is 7. The first-order valence-corrected chi connectivity index (χ1v) is 10.4. The molecule has 1 aliphatic rings. The number of piperazine rings is 1. The lowest BCUT2D eigenvalue weighted by molar-refractivity contribution is -0.917. The third-order valence-corrected chi connectivity index (χ3v) is 5.63. The molecule has 1 heterocycles. The Morgan fingerprint density at radius 1 is 1.11 bits per heavy atom. The fraction of sp³-hybridized carbons (Fsp3) is 0.381. The number of nitrogens with zero attached hydrogens (tertiary/aromatic N) is 1. The predicted octanol–water partition coefficient (Wildman–Crippen LogP) is 2.73. The Balaban J connectivity index is 1.46. The van der Waals surface area contributed by atoms with Crippen LogP contribution in [-0.4, -0.2) is 48.8 Å². The molecule has 7 heteroatoms. The summed E-state index contributed by atoms with van der Waals surface area (Å²) in [5, 5.41) is 3.18. The Morgan fingerprint density at radius 3 is 2.36 bits per heavy atom. The average Bonchev–Trinajstić information content (AvgIpc) is 2.70. The van der Waals surface area contributed by atoms with E-state index in [0.29, 0.717) is 16.7 Å². The number of amides is 1. The minimum atomic E-state index is -2.43. The van der Waals surface area contributed by atoms with Gasteiger partial charge in [-0.1, -0.05) is 42.1 Å². The molecule has 4 nitrogen and oxygen atoms in total. The van der Waals surface area contributed by atoms with Crippen molar-refractivity contribution in [3.05, 3.63) is 60.2 Å². The normalized spacial score (nSPS) is 16.2. The highest BCUT2D eigenvalue weighted by Crippen LogP contribution is 2.26. The molecular formula is C21H26F2N3OS+. The van der Waals surface area contributed by atoms with E-state index in [0.717, 1.165) is 38.4 Å². The van der Waals surface area contributed by atoms with Gasteiger partial charge in [-0.15, -0.1) is 0 Å². The van der Waals surface area contributed by atoms with Crippen LogP contribution >= 0.6 is 11.8 Å². The van der Waals surface area contributed by atoms with Crippen LogP contribution in [0, 0.1) is 0 Å². The molecule has 0 saturated carbocycles. The maximum absolute atomic E-state index is 12.7. The van der Waals surface area contributed by atoms with Gasteiger partial charge in [0.05, 0.1) is 26.2 Å². The van der Waals surface area contributed by atoms with Gasteiger partial charge in [-0.25, -0.2) is 0 Å². The molecule has 2 aromatic rings. The van der Waals surface area contributed by atoms with E-state index in [1.807, 2.05) is 17.9 Å². The number of halogens is 2. The van der Waals surface area contributed by atoms with Crippen LogP contribution in [-0.2, 0) is 11.3 Å². The van der Waals surface area contributed by atoms with Crippen molar-refractivity contribution < 1.29 is 18.5 Å². The van der Waals surface area contributed by atoms with Crippen molar-refractivity contribution in [1.82, 2.24) is 4.90 Å². The van der Waals surface area contributed by atoms with E-state index in [2.05, 4.69) is 29.6 Å². The number of quaternary nitrogens is 1. The first kappa shape index (κ1) is 20.6. The SMILES string of the molecule is C[C@H](Nc1ccc(SC(F)F)cc1)C(=O)N1CC[NH+](Cc2ccccc2)CC1. The number of hydrogen-bond acceptors (Lipinski definition) is 3. The molecule has 1 saturated heterocycles. The summed E-state index contributed by atoms with van der Waals surface area (Å²) >= 11 is 0.517. The Hall–Kier alpha value is -2.12. The molecule has 1 amide bonds. The maximum atomic E-state index is 12.7. The van der Waals surface area contributed by atoms with E-state index >= 15 is 0 Å². The minimum Gasteiger partial charge on any atom is -0.374 e. The number of carbonyl (C=O) groups is 1. The van der Waals surface area contributed by atoms with E-state index in [1.54, 1.807) is 24.3 Å². The average molecular weight is 407 g/mol. The van der Waals surface area contributed by atoms with Gasteiger partial charge in [0.2, 0.25) is 5.91 Å². The highest BCUT2D eigenvalue weighted by Gasteiger charge is 2.26. The largest absolute Gasteiger partial charge is 0.374 e. The molecule has 150 valence electrons. The topological polar surface area (TPSA) is 36.8 Å². The number of benzene rings is 2. The van der Waals surface area contributed by atoms with Crippen LogP contribution in [0.5, 0.6) is 0 Å². The van der Waals surface area contributed by atoms with Crippen molar-refractivity contribution in [2.75, 3.05) is 31.5 Å². The molecular weight excluding hydrogens is 380 g/mol. The summed E-state index contributed by atoms with van der Waals surface area (Å²) in [4.78, 5) is 16.6. The quantitative estimate of drug-likeness (QED) is 0.695. The molecule has 1 aliphatic heterocycles. The van der Waals surface area contributed by atoms with Gasteiger partial charge in [0.25, 0.3) is 5.76 Å². The lowest BCUT2D eigenvalue weighted by Crippen LogP contribution is -3.13. The summed E-state index contributed by atoms with van der Waals surface area (Å²) in [6.07, 6.45) is 0. The van der Waals surface area contributed by atoms with E-state index in [4.69, 9.17) is 0 Å². The third-order valence-electron chi connectivity index (χ3n) is 4.91. The van der Waals surface area contributed by atoms with E-state index in [9.17, 15) is 13.6 Å². The van der Waals surface area contributed by atoms with Crippen molar-refractivity contribution in [1.29, 1.82) is 0 Å².